The van der Waals surface area contributed by atoms with E-state index >= 15 is 0 Å². The average molecular weight is 368 g/mol. The van der Waals surface area contributed by atoms with Gasteiger partial charge >= 0.3 is 0 Å². The number of benzene rings is 1. The SMILES string of the molecule is CC(C)c1nc(C(=O)N2CCC(CN)C2)nn1-c1cccc(F)c1.Cl. The van der Waals surface area contributed by atoms with Crippen molar-refractivity contribution in [2.24, 2.45) is 11.7 Å². The van der Waals surface area contributed by atoms with Gasteiger partial charge in [-0.2, -0.15) is 0 Å². The first-order chi connectivity index (χ1) is 11.5. The van der Waals surface area contributed by atoms with Gasteiger partial charge in [0.15, 0.2) is 0 Å². The van der Waals surface area contributed by atoms with Crippen LogP contribution in [0.25, 0.3) is 5.69 Å². The Balaban J connectivity index is 0.00000225. The molecule has 0 saturated carbocycles. The number of hydrogen-bond acceptors (Lipinski definition) is 4. The lowest BCUT2D eigenvalue weighted by Gasteiger charge is -2.13. The van der Waals surface area contributed by atoms with E-state index in [1.165, 1.54) is 12.1 Å². The van der Waals surface area contributed by atoms with Crippen molar-refractivity contribution in [3.05, 3.63) is 41.7 Å². The highest BCUT2D eigenvalue weighted by atomic mass is 35.5. The number of rotatable bonds is 4. The maximum Gasteiger partial charge on any atom is 0.293 e. The number of nitrogens with zero attached hydrogens (tertiary/aromatic N) is 4. The Labute approximate surface area is 152 Å². The molecular formula is C17H23ClFN5O. The fourth-order valence-electron chi connectivity index (χ4n) is 2.94. The quantitative estimate of drug-likeness (QED) is 0.900. The lowest BCUT2D eigenvalue weighted by Crippen LogP contribution is -2.30. The molecule has 0 bridgehead atoms. The molecule has 1 atom stereocenters. The van der Waals surface area contributed by atoms with Crippen LogP contribution in [0.1, 0.15) is 42.6 Å². The summed E-state index contributed by atoms with van der Waals surface area (Å²) in [4.78, 5) is 18.8. The lowest BCUT2D eigenvalue weighted by molar-refractivity contribution is 0.0775. The van der Waals surface area contributed by atoms with Crippen LogP contribution in [0.4, 0.5) is 4.39 Å². The molecule has 1 amide bonds. The first kappa shape index (κ1) is 19.3. The molecule has 1 unspecified atom stereocenters. The second kappa shape index (κ2) is 7.93. The molecule has 2 N–H and O–H groups in total. The van der Waals surface area contributed by atoms with Crippen LogP contribution in [-0.2, 0) is 0 Å². The molecule has 3 rings (SSSR count). The van der Waals surface area contributed by atoms with Crippen LogP contribution in [0, 0.1) is 11.7 Å². The number of aromatic nitrogens is 3. The van der Waals surface area contributed by atoms with Gasteiger partial charge in [0.2, 0.25) is 5.82 Å². The van der Waals surface area contributed by atoms with Crippen molar-refractivity contribution in [1.29, 1.82) is 0 Å². The Kier molecular flexibility index (Phi) is 6.13. The summed E-state index contributed by atoms with van der Waals surface area (Å²) >= 11 is 0. The summed E-state index contributed by atoms with van der Waals surface area (Å²) in [6.45, 7) is 5.82. The highest BCUT2D eigenvalue weighted by Gasteiger charge is 2.29. The van der Waals surface area contributed by atoms with E-state index in [0.717, 1.165) is 6.42 Å². The first-order valence-corrected chi connectivity index (χ1v) is 8.21. The zero-order valence-corrected chi connectivity index (χ0v) is 15.2. The molecule has 2 aromatic rings. The highest BCUT2D eigenvalue weighted by Crippen LogP contribution is 2.21. The molecule has 2 heterocycles. The largest absolute Gasteiger partial charge is 0.336 e. The van der Waals surface area contributed by atoms with E-state index in [9.17, 15) is 9.18 Å². The number of carbonyl (C=O) groups is 1. The summed E-state index contributed by atoms with van der Waals surface area (Å²) < 4.78 is 15.1. The zero-order chi connectivity index (χ0) is 17.3. The van der Waals surface area contributed by atoms with Gasteiger partial charge in [0.05, 0.1) is 5.69 Å². The van der Waals surface area contributed by atoms with Gasteiger partial charge in [0, 0.05) is 19.0 Å². The van der Waals surface area contributed by atoms with Gasteiger partial charge in [-0.3, -0.25) is 4.79 Å². The summed E-state index contributed by atoms with van der Waals surface area (Å²) in [5.74, 6) is 0.639. The molecule has 0 radical (unpaired) electrons. The molecule has 25 heavy (non-hydrogen) atoms. The Hall–Kier alpha value is -1.99. The molecule has 1 aromatic heterocycles. The smallest absolute Gasteiger partial charge is 0.293 e. The number of likely N-dealkylation sites (tertiary alicyclic amines) is 1. The van der Waals surface area contributed by atoms with Crippen molar-refractivity contribution < 1.29 is 9.18 Å². The summed E-state index contributed by atoms with van der Waals surface area (Å²) in [6.07, 6.45) is 0.907. The number of halogens is 2. The Morgan fingerprint density at radius 1 is 1.44 bits per heavy atom. The third-order valence-electron chi connectivity index (χ3n) is 4.30. The van der Waals surface area contributed by atoms with Crippen LogP contribution in [0.2, 0.25) is 0 Å². The topological polar surface area (TPSA) is 77.0 Å². The number of amides is 1. The molecule has 1 aliphatic heterocycles. The Bertz CT molecular complexity index is 748. The second-order valence-corrected chi connectivity index (χ2v) is 6.48. The van der Waals surface area contributed by atoms with Gasteiger partial charge in [0.25, 0.3) is 5.91 Å². The van der Waals surface area contributed by atoms with Crippen molar-refractivity contribution >= 4 is 18.3 Å². The van der Waals surface area contributed by atoms with Gasteiger partial charge in [-0.25, -0.2) is 14.1 Å². The van der Waals surface area contributed by atoms with Crippen LogP contribution < -0.4 is 5.73 Å². The molecular weight excluding hydrogens is 345 g/mol. The fourth-order valence-corrected chi connectivity index (χ4v) is 2.94. The molecule has 8 heteroatoms. The van der Waals surface area contributed by atoms with Crippen molar-refractivity contribution in [3.8, 4) is 5.69 Å². The Morgan fingerprint density at radius 3 is 2.80 bits per heavy atom. The standard InChI is InChI=1S/C17H22FN5O.ClH/c1-11(2)16-20-15(17(24)22-7-6-12(9-19)10-22)21-23(16)14-5-3-4-13(18)8-14;/h3-5,8,11-12H,6-7,9-10,19H2,1-2H3;1H. The van der Waals surface area contributed by atoms with E-state index in [1.54, 1.807) is 21.7 Å². The maximum atomic E-state index is 13.5. The number of carbonyl (C=O) groups excluding carboxylic acids is 1. The van der Waals surface area contributed by atoms with Crippen molar-refractivity contribution in [1.82, 2.24) is 19.7 Å². The van der Waals surface area contributed by atoms with E-state index in [2.05, 4.69) is 10.1 Å². The Morgan fingerprint density at radius 2 is 2.20 bits per heavy atom. The van der Waals surface area contributed by atoms with Crippen LogP contribution >= 0.6 is 12.4 Å². The van der Waals surface area contributed by atoms with E-state index in [-0.39, 0.29) is 35.9 Å². The second-order valence-electron chi connectivity index (χ2n) is 6.48. The summed E-state index contributed by atoms with van der Waals surface area (Å²) in [5.41, 5.74) is 6.25. The van der Waals surface area contributed by atoms with E-state index in [1.807, 2.05) is 13.8 Å². The molecule has 1 aromatic carbocycles. The zero-order valence-electron chi connectivity index (χ0n) is 14.4. The highest BCUT2D eigenvalue weighted by molar-refractivity contribution is 5.90. The lowest BCUT2D eigenvalue weighted by atomic mass is 10.1. The molecule has 136 valence electrons. The molecule has 1 aliphatic rings. The minimum atomic E-state index is -0.351. The van der Waals surface area contributed by atoms with Crippen molar-refractivity contribution in [3.63, 3.8) is 0 Å². The average Bonchev–Trinajstić information content (AvgIpc) is 3.21. The predicted molar refractivity (Wildman–Crippen MR) is 95.7 cm³/mol. The van der Waals surface area contributed by atoms with Gasteiger partial charge in [-0.15, -0.1) is 17.5 Å². The van der Waals surface area contributed by atoms with Gasteiger partial charge in [0.1, 0.15) is 11.6 Å². The van der Waals surface area contributed by atoms with Crippen LogP contribution in [0.15, 0.2) is 24.3 Å². The minimum Gasteiger partial charge on any atom is -0.336 e. The third kappa shape index (κ3) is 3.99. The molecule has 0 aliphatic carbocycles. The van der Waals surface area contributed by atoms with Crippen molar-refractivity contribution in [2.45, 2.75) is 26.2 Å². The molecule has 1 fully saturated rings. The molecule has 6 nitrogen and oxygen atoms in total. The summed E-state index contributed by atoms with van der Waals surface area (Å²) in [5, 5.41) is 4.35. The maximum absolute atomic E-state index is 13.5. The normalized spacial score (nSPS) is 17.0. The molecule has 1 saturated heterocycles. The summed E-state index contributed by atoms with van der Waals surface area (Å²) in [7, 11) is 0. The van der Waals surface area contributed by atoms with E-state index in [0.29, 0.717) is 37.1 Å². The number of nitrogens with two attached hydrogens (primary N) is 1. The fraction of sp³-hybridized carbons (Fsp3) is 0.471. The van der Waals surface area contributed by atoms with E-state index in [4.69, 9.17) is 5.73 Å². The minimum absolute atomic E-state index is 0. The number of hydrogen-bond donors (Lipinski definition) is 1. The van der Waals surface area contributed by atoms with Crippen LogP contribution in [0.3, 0.4) is 0 Å². The van der Waals surface area contributed by atoms with E-state index < -0.39 is 0 Å². The van der Waals surface area contributed by atoms with Gasteiger partial charge in [-0.1, -0.05) is 19.9 Å². The third-order valence-corrected chi connectivity index (χ3v) is 4.30. The monoisotopic (exact) mass is 367 g/mol. The predicted octanol–water partition coefficient (Wildman–Crippen LogP) is 2.37. The van der Waals surface area contributed by atoms with Crippen LogP contribution in [0.5, 0.6) is 0 Å². The molecule has 0 spiro atoms. The van der Waals surface area contributed by atoms with Crippen LogP contribution in [-0.4, -0.2) is 45.2 Å². The van der Waals surface area contributed by atoms with Gasteiger partial charge in [-0.05, 0) is 37.1 Å². The van der Waals surface area contributed by atoms with Crippen molar-refractivity contribution in [2.75, 3.05) is 19.6 Å². The van der Waals surface area contributed by atoms with Gasteiger partial charge < -0.3 is 10.6 Å². The summed E-state index contributed by atoms with van der Waals surface area (Å²) in [6, 6.07) is 6.12. The first-order valence-electron chi connectivity index (χ1n) is 8.21.